The first-order chi connectivity index (χ1) is 11.6. The van der Waals surface area contributed by atoms with Crippen LogP contribution in [-0.2, 0) is 11.8 Å². The number of aromatic nitrogens is 2. The maximum Gasteiger partial charge on any atom is 0.276 e. The summed E-state index contributed by atoms with van der Waals surface area (Å²) in [5.74, 6) is 1.16. The molecule has 0 aliphatic carbocycles. The predicted octanol–water partition coefficient (Wildman–Crippen LogP) is 2.79. The molecule has 0 radical (unpaired) electrons. The molecule has 1 amide bonds. The van der Waals surface area contributed by atoms with Crippen LogP contribution in [0, 0.1) is 12.8 Å². The molecule has 0 saturated carbocycles. The van der Waals surface area contributed by atoms with Gasteiger partial charge in [0.1, 0.15) is 5.75 Å². The summed E-state index contributed by atoms with van der Waals surface area (Å²) in [6, 6.07) is 9.19. The third-order valence-corrected chi connectivity index (χ3v) is 4.29. The monoisotopic (exact) mass is 329 g/mol. The summed E-state index contributed by atoms with van der Waals surface area (Å²) in [7, 11) is 1.82. The van der Waals surface area contributed by atoms with E-state index < -0.39 is 0 Å². The molecule has 0 unspecified atom stereocenters. The first-order valence-corrected chi connectivity index (χ1v) is 8.24. The average Bonchev–Trinajstić information content (AvgIpc) is 2.94. The number of amides is 1. The Hall–Kier alpha value is -2.34. The molecule has 1 aliphatic rings. The topological polar surface area (TPSA) is 65.4 Å². The van der Waals surface area contributed by atoms with Gasteiger partial charge < -0.3 is 14.8 Å². The van der Waals surface area contributed by atoms with E-state index in [0.717, 1.165) is 43.2 Å². The summed E-state index contributed by atoms with van der Waals surface area (Å²) in [5.41, 5.74) is 2.08. The Bertz CT molecular complexity index is 669. The normalized spacial score (nSPS) is 15.2. The van der Waals surface area contributed by atoms with Crippen molar-refractivity contribution < 1.29 is 14.3 Å². The molecule has 1 N–H and O–H groups in total. The van der Waals surface area contributed by atoms with Gasteiger partial charge in [0.05, 0.1) is 6.61 Å². The zero-order valence-electron chi connectivity index (χ0n) is 14.1. The highest BCUT2D eigenvalue weighted by Gasteiger charge is 2.14. The zero-order valence-corrected chi connectivity index (χ0v) is 14.1. The van der Waals surface area contributed by atoms with E-state index in [1.54, 1.807) is 10.7 Å². The SMILES string of the molecule is Cc1cc(C(=O)Nc2ccc(OCC3CCOCC3)cc2)nn1C. The first-order valence-electron chi connectivity index (χ1n) is 8.24. The summed E-state index contributed by atoms with van der Waals surface area (Å²) in [4.78, 5) is 12.2. The van der Waals surface area contributed by atoms with Crippen LogP contribution >= 0.6 is 0 Å². The van der Waals surface area contributed by atoms with E-state index in [-0.39, 0.29) is 5.91 Å². The molecule has 0 atom stereocenters. The van der Waals surface area contributed by atoms with Crippen LogP contribution in [0.2, 0.25) is 0 Å². The number of carbonyl (C=O) groups excluding carboxylic acids is 1. The summed E-state index contributed by atoms with van der Waals surface area (Å²) in [5, 5.41) is 7.02. The highest BCUT2D eigenvalue weighted by Crippen LogP contribution is 2.20. The Balaban J connectivity index is 1.53. The fraction of sp³-hybridized carbons (Fsp3) is 0.444. The number of nitrogens with zero attached hydrogens (tertiary/aromatic N) is 2. The molecule has 24 heavy (non-hydrogen) atoms. The molecule has 0 spiro atoms. The Kier molecular flexibility index (Phi) is 5.15. The molecular weight excluding hydrogens is 306 g/mol. The van der Waals surface area contributed by atoms with Crippen molar-refractivity contribution in [1.29, 1.82) is 0 Å². The molecule has 1 saturated heterocycles. The quantitative estimate of drug-likeness (QED) is 0.916. The van der Waals surface area contributed by atoms with E-state index in [1.807, 2.05) is 38.2 Å². The van der Waals surface area contributed by atoms with Gasteiger partial charge in [-0.25, -0.2) is 0 Å². The second-order valence-corrected chi connectivity index (χ2v) is 6.14. The number of hydrogen-bond acceptors (Lipinski definition) is 4. The van der Waals surface area contributed by atoms with Crippen LogP contribution in [0.25, 0.3) is 0 Å². The molecule has 6 heteroatoms. The number of nitrogens with one attached hydrogen (secondary N) is 1. The van der Waals surface area contributed by atoms with Crippen molar-refractivity contribution >= 4 is 11.6 Å². The van der Waals surface area contributed by atoms with E-state index in [2.05, 4.69) is 10.4 Å². The maximum absolute atomic E-state index is 12.2. The number of carbonyl (C=O) groups is 1. The number of ether oxygens (including phenoxy) is 2. The van der Waals surface area contributed by atoms with E-state index in [9.17, 15) is 4.79 Å². The second kappa shape index (κ2) is 7.49. The highest BCUT2D eigenvalue weighted by molar-refractivity contribution is 6.02. The first kappa shape index (κ1) is 16.5. The van der Waals surface area contributed by atoms with Crippen molar-refractivity contribution in [1.82, 2.24) is 9.78 Å². The van der Waals surface area contributed by atoms with Crippen LogP contribution in [0.15, 0.2) is 30.3 Å². The summed E-state index contributed by atoms with van der Waals surface area (Å²) in [6.45, 7) is 4.27. The third-order valence-electron chi connectivity index (χ3n) is 4.29. The number of aryl methyl sites for hydroxylation is 2. The fourth-order valence-corrected chi connectivity index (χ4v) is 2.63. The lowest BCUT2D eigenvalue weighted by Crippen LogP contribution is -2.21. The Labute approximate surface area is 141 Å². The van der Waals surface area contributed by atoms with E-state index >= 15 is 0 Å². The number of hydrogen-bond donors (Lipinski definition) is 1. The highest BCUT2D eigenvalue weighted by atomic mass is 16.5. The van der Waals surface area contributed by atoms with Crippen LogP contribution in [0.3, 0.4) is 0 Å². The van der Waals surface area contributed by atoms with Gasteiger partial charge in [-0.3, -0.25) is 9.48 Å². The largest absolute Gasteiger partial charge is 0.493 e. The van der Waals surface area contributed by atoms with Crippen molar-refractivity contribution in [3.8, 4) is 5.75 Å². The lowest BCUT2D eigenvalue weighted by molar-refractivity contribution is 0.0497. The van der Waals surface area contributed by atoms with Crippen LogP contribution < -0.4 is 10.1 Å². The molecule has 0 bridgehead atoms. The van der Waals surface area contributed by atoms with Crippen LogP contribution in [0.5, 0.6) is 5.75 Å². The van der Waals surface area contributed by atoms with Crippen molar-refractivity contribution in [2.24, 2.45) is 13.0 Å². The number of benzene rings is 1. The molecular formula is C18H23N3O3. The Morgan fingerprint density at radius 3 is 2.67 bits per heavy atom. The smallest absolute Gasteiger partial charge is 0.276 e. The van der Waals surface area contributed by atoms with Crippen LogP contribution in [-0.4, -0.2) is 35.5 Å². The lowest BCUT2D eigenvalue weighted by Gasteiger charge is -2.22. The zero-order chi connectivity index (χ0) is 16.9. The van der Waals surface area contributed by atoms with Gasteiger partial charge in [0, 0.05) is 31.6 Å². The molecule has 2 aromatic rings. The molecule has 2 heterocycles. The fourth-order valence-electron chi connectivity index (χ4n) is 2.63. The van der Waals surface area contributed by atoms with Crippen molar-refractivity contribution in [3.63, 3.8) is 0 Å². The van der Waals surface area contributed by atoms with Gasteiger partial charge in [0.2, 0.25) is 0 Å². The minimum Gasteiger partial charge on any atom is -0.493 e. The second-order valence-electron chi connectivity index (χ2n) is 6.14. The number of rotatable bonds is 5. The Morgan fingerprint density at radius 1 is 1.33 bits per heavy atom. The van der Waals surface area contributed by atoms with Gasteiger partial charge in [-0.05, 0) is 56.0 Å². The van der Waals surface area contributed by atoms with Gasteiger partial charge in [0.15, 0.2) is 5.69 Å². The summed E-state index contributed by atoms with van der Waals surface area (Å²) in [6.07, 6.45) is 2.11. The minimum absolute atomic E-state index is 0.213. The molecule has 6 nitrogen and oxygen atoms in total. The summed E-state index contributed by atoms with van der Waals surface area (Å²) < 4.78 is 12.9. The van der Waals surface area contributed by atoms with Crippen molar-refractivity contribution in [2.75, 3.05) is 25.1 Å². The molecule has 1 aromatic heterocycles. The minimum atomic E-state index is -0.213. The van der Waals surface area contributed by atoms with E-state index in [1.165, 1.54) is 0 Å². The average molecular weight is 329 g/mol. The predicted molar refractivity (Wildman–Crippen MR) is 91.4 cm³/mol. The van der Waals surface area contributed by atoms with Gasteiger partial charge >= 0.3 is 0 Å². The standard InChI is InChI=1S/C18H23N3O3/c1-13-11-17(20-21(13)2)18(22)19-15-3-5-16(6-4-15)24-12-14-7-9-23-10-8-14/h3-6,11,14H,7-10,12H2,1-2H3,(H,19,22). The third kappa shape index (κ3) is 4.14. The van der Waals surface area contributed by atoms with Gasteiger partial charge in [-0.2, -0.15) is 5.10 Å². The van der Waals surface area contributed by atoms with Crippen molar-refractivity contribution in [3.05, 3.63) is 41.7 Å². The van der Waals surface area contributed by atoms with Gasteiger partial charge in [-0.15, -0.1) is 0 Å². The molecule has 1 fully saturated rings. The van der Waals surface area contributed by atoms with Crippen LogP contribution in [0.4, 0.5) is 5.69 Å². The lowest BCUT2D eigenvalue weighted by atomic mass is 10.0. The van der Waals surface area contributed by atoms with Gasteiger partial charge in [0.25, 0.3) is 5.91 Å². The van der Waals surface area contributed by atoms with E-state index in [0.29, 0.717) is 18.2 Å². The molecule has 1 aliphatic heterocycles. The van der Waals surface area contributed by atoms with Crippen LogP contribution in [0.1, 0.15) is 29.0 Å². The number of anilines is 1. The Morgan fingerprint density at radius 2 is 2.04 bits per heavy atom. The van der Waals surface area contributed by atoms with E-state index in [4.69, 9.17) is 9.47 Å². The maximum atomic E-state index is 12.2. The molecule has 3 rings (SSSR count). The van der Waals surface area contributed by atoms with Gasteiger partial charge in [-0.1, -0.05) is 0 Å². The van der Waals surface area contributed by atoms with Crippen molar-refractivity contribution in [2.45, 2.75) is 19.8 Å². The summed E-state index contributed by atoms with van der Waals surface area (Å²) >= 11 is 0. The molecule has 1 aromatic carbocycles. The molecule has 128 valence electrons.